The van der Waals surface area contributed by atoms with Gasteiger partial charge >= 0.3 is 0 Å². The van der Waals surface area contributed by atoms with Gasteiger partial charge in [-0.15, -0.1) is 0 Å². The number of nitrogens with zero attached hydrogens (tertiary/aromatic N) is 2. The van der Waals surface area contributed by atoms with Crippen molar-refractivity contribution in [3.63, 3.8) is 0 Å². The lowest BCUT2D eigenvalue weighted by molar-refractivity contribution is -0.140. The Kier molecular flexibility index (Phi) is 10.4. The van der Waals surface area contributed by atoms with Crippen molar-refractivity contribution in [1.82, 2.24) is 10.2 Å². The number of carbonyl (C=O) groups excluding carboxylic acids is 2. The quantitative estimate of drug-likeness (QED) is 0.305. The number of anilines is 1. The Hall–Kier alpha value is -3.07. The zero-order chi connectivity index (χ0) is 28.7. The van der Waals surface area contributed by atoms with E-state index >= 15 is 0 Å². The number of halogens is 2. The summed E-state index contributed by atoms with van der Waals surface area (Å²) in [5, 5.41) is 3.58. The van der Waals surface area contributed by atoms with E-state index in [4.69, 9.17) is 23.2 Å². The van der Waals surface area contributed by atoms with Crippen LogP contribution < -0.4 is 9.62 Å². The number of nitrogens with one attached hydrogen (secondary N) is 1. The van der Waals surface area contributed by atoms with E-state index in [0.29, 0.717) is 16.5 Å². The molecular weight excluding hydrogens is 557 g/mol. The molecule has 0 aliphatic rings. The maximum absolute atomic E-state index is 14.0. The van der Waals surface area contributed by atoms with E-state index in [1.807, 2.05) is 52.0 Å². The normalized spacial score (nSPS) is 12.2. The minimum Gasteiger partial charge on any atom is -0.352 e. The third-order valence-corrected chi connectivity index (χ3v) is 8.30. The predicted molar refractivity (Wildman–Crippen MR) is 157 cm³/mol. The van der Waals surface area contributed by atoms with E-state index in [2.05, 4.69) is 5.32 Å². The molecule has 0 saturated carbocycles. The van der Waals surface area contributed by atoms with Crippen LogP contribution in [0.4, 0.5) is 5.69 Å². The van der Waals surface area contributed by atoms with Crippen LogP contribution in [0.1, 0.15) is 38.3 Å². The third-order valence-electron chi connectivity index (χ3n) is 6.03. The van der Waals surface area contributed by atoms with Crippen LogP contribution in [0.5, 0.6) is 0 Å². The first-order valence-corrected chi connectivity index (χ1v) is 14.8. The van der Waals surface area contributed by atoms with Crippen LogP contribution in [-0.2, 0) is 26.2 Å². The van der Waals surface area contributed by atoms with E-state index in [1.54, 1.807) is 18.2 Å². The van der Waals surface area contributed by atoms with Crippen LogP contribution in [0.15, 0.2) is 77.7 Å². The van der Waals surface area contributed by atoms with Crippen molar-refractivity contribution in [2.75, 3.05) is 10.8 Å². The van der Waals surface area contributed by atoms with Crippen LogP contribution in [0.25, 0.3) is 0 Å². The summed E-state index contributed by atoms with van der Waals surface area (Å²) in [6.45, 7) is 7.05. The molecule has 3 aromatic rings. The van der Waals surface area contributed by atoms with Gasteiger partial charge in [0, 0.05) is 22.6 Å². The Morgan fingerprint density at radius 3 is 2.18 bits per heavy atom. The number of sulfonamides is 1. The summed E-state index contributed by atoms with van der Waals surface area (Å²) < 4.78 is 28.7. The van der Waals surface area contributed by atoms with Gasteiger partial charge in [0.25, 0.3) is 10.0 Å². The molecule has 0 fully saturated rings. The fraction of sp³-hybridized carbons (Fsp3) is 0.310. The summed E-state index contributed by atoms with van der Waals surface area (Å²) in [5.41, 5.74) is 2.06. The van der Waals surface area contributed by atoms with Crippen molar-refractivity contribution >= 4 is 50.7 Å². The maximum Gasteiger partial charge on any atom is 0.264 e. The molecule has 7 nitrogen and oxygen atoms in total. The van der Waals surface area contributed by atoms with Crippen molar-refractivity contribution in [3.05, 3.63) is 94.0 Å². The van der Waals surface area contributed by atoms with Crippen molar-refractivity contribution in [2.45, 2.75) is 57.6 Å². The molecule has 10 heteroatoms. The third kappa shape index (κ3) is 7.97. The van der Waals surface area contributed by atoms with Gasteiger partial charge in [-0.05, 0) is 75.2 Å². The van der Waals surface area contributed by atoms with Gasteiger partial charge in [-0.3, -0.25) is 13.9 Å². The van der Waals surface area contributed by atoms with E-state index in [-0.39, 0.29) is 29.1 Å². The topological polar surface area (TPSA) is 86.8 Å². The number of rotatable bonds is 11. The molecule has 39 heavy (non-hydrogen) atoms. The van der Waals surface area contributed by atoms with Gasteiger partial charge in [0.05, 0.1) is 10.6 Å². The highest BCUT2D eigenvalue weighted by Gasteiger charge is 2.34. The molecule has 0 radical (unpaired) electrons. The Labute approximate surface area is 240 Å². The Morgan fingerprint density at radius 2 is 1.59 bits per heavy atom. The number of amides is 2. The predicted octanol–water partition coefficient (Wildman–Crippen LogP) is 5.83. The second kappa shape index (κ2) is 13.3. The molecule has 3 aromatic carbocycles. The fourth-order valence-corrected chi connectivity index (χ4v) is 5.92. The first-order chi connectivity index (χ1) is 18.4. The molecule has 208 valence electrons. The molecular formula is C29H33Cl2N3O4S. The molecule has 0 heterocycles. The number of aryl methyl sites for hydroxylation is 1. The van der Waals surface area contributed by atoms with Gasteiger partial charge < -0.3 is 10.2 Å². The van der Waals surface area contributed by atoms with Crippen molar-refractivity contribution in [3.8, 4) is 0 Å². The summed E-state index contributed by atoms with van der Waals surface area (Å²) in [5.74, 6) is -0.830. The zero-order valence-corrected chi connectivity index (χ0v) is 24.7. The van der Waals surface area contributed by atoms with Crippen LogP contribution in [0.3, 0.4) is 0 Å². The SMILES string of the molecule is CC[C@@H](C(=O)NC(C)C)N(Cc1cccc(C)c1)C(=O)CN(c1cccc(Cl)c1)S(=O)(=O)c1ccc(Cl)cc1. The number of benzene rings is 3. The summed E-state index contributed by atoms with van der Waals surface area (Å²) in [7, 11) is -4.20. The monoisotopic (exact) mass is 589 g/mol. The van der Waals surface area contributed by atoms with Gasteiger partial charge in [0.2, 0.25) is 11.8 Å². The lowest BCUT2D eigenvalue weighted by Crippen LogP contribution is -2.53. The molecule has 1 atom stereocenters. The molecule has 0 aromatic heterocycles. The molecule has 0 unspecified atom stereocenters. The summed E-state index contributed by atoms with van der Waals surface area (Å²) in [6.07, 6.45) is 0.344. The van der Waals surface area contributed by atoms with Gasteiger partial charge in [-0.2, -0.15) is 0 Å². The number of carbonyl (C=O) groups is 2. The highest BCUT2D eigenvalue weighted by Crippen LogP contribution is 2.27. The Bertz CT molecular complexity index is 1410. The molecule has 0 aliphatic carbocycles. The summed E-state index contributed by atoms with van der Waals surface area (Å²) in [4.78, 5) is 28.6. The van der Waals surface area contributed by atoms with Crippen molar-refractivity contribution in [1.29, 1.82) is 0 Å². The molecule has 0 spiro atoms. The van der Waals surface area contributed by atoms with Crippen molar-refractivity contribution < 1.29 is 18.0 Å². The van der Waals surface area contributed by atoms with Gasteiger partial charge in [0.1, 0.15) is 12.6 Å². The summed E-state index contributed by atoms with van der Waals surface area (Å²) in [6, 6.07) is 18.7. The lowest BCUT2D eigenvalue weighted by atomic mass is 10.1. The van der Waals surface area contributed by atoms with E-state index in [9.17, 15) is 18.0 Å². The van der Waals surface area contributed by atoms with Gasteiger partial charge in [0.15, 0.2) is 0 Å². The molecule has 0 bridgehead atoms. The fourth-order valence-electron chi connectivity index (χ4n) is 4.20. The second-order valence-corrected chi connectivity index (χ2v) is 12.3. The van der Waals surface area contributed by atoms with Crippen LogP contribution in [-0.4, -0.2) is 43.8 Å². The molecule has 0 aliphatic heterocycles. The molecule has 1 N–H and O–H groups in total. The van der Waals surface area contributed by atoms with E-state index in [0.717, 1.165) is 15.4 Å². The van der Waals surface area contributed by atoms with Crippen LogP contribution in [0.2, 0.25) is 10.0 Å². The Balaban J connectivity index is 2.07. The first kappa shape index (κ1) is 30.5. The standard InChI is InChI=1S/C29H33Cl2N3O4S/c1-5-27(29(36)32-20(2)3)33(18-22-9-6-8-21(4)16-22)28(35)19-34(25-11-7-10-24(31)17-25)39(37,38)26-14-12-23(30)13-15-26/h6-17,20,27H,5,18-19H2,1-4H3,(H,32,36)/t27-/m0/s1. The van der Waals surface area contributed by atoms with Gasteiger partial charge in [-0.25, -0.2) is 8.42 Å². The maximum atomic E-state index is 14.0. The van der Waals surface area contributed by atoms with E-state index in [1.165, 1.54) is 35.2 Å². The van der Waals surface area contributed by atoms with Gasteiger partial charge in [-0.1, -0.05) is 66.0 Å². The van der Waals surface area contributed by atoms with Crippen LogP contribution >= 0.6 is 23.2 Å². The Morgan fingerprint density at radius 1 is 0.923 bits per heavy atom. The lowest BCUT2D eigenvalue weighted by Gasteiger charge is -2.33. The smallest absolute Gasteiger partial charge is 0.264 e. The second-order valence-electron chi connectivity index (χ2n) is 9.54. The largest absolute Gasteiger partial charge is 0.352 e. The van der Waals surface area contributed by atoms with Crippen molar-refractivity contribution in [2.24, 2.45) is 0 Å². The zero-order valence-electron chi connectivity index (χ0n) is 22.4. The number of hydrogen-bond acceptors (Lipinski definition) is 4. The minimum absolute atomic E-state index is 0.0329. The highest BCUT2D eigenvalue weighted by atomic mass is 35.5. The summed E-state index contributed by atoms with van der Waals surface area (Å²) >= 11 is 12.2. The molecule has 0 saturated heterocycles. The highest BCUT2D eigenvalue weighted by molar-refractivity contribution is 7.92. The molecule has 2 amide bonds. The average molecular weight is 591 g/mol. The molecule has 3 rings (SSSR count). The minimum atomic E-state index is -4.20. The number of hydrogen-bond donors (Lipinski definition) is 1. The average Bonchev–Trinajstić information content (AvgIpc) is 2.86. The van der Waals surface area contributed by atoms with Crippen LogP contribution in [0, 0.1) is 6.92 Å². The first-order valence-electron chi connectivity index (χ1n) is 12.6. The van der Waals surface area contributed by atoms with E-state index < -0.39 is 28.5 Å².